The van der Waals surface area contributed by atoms with Crippen LogP contribution in [0.3, 0.4) is 0 Å². The zero-order chi connectivity index (χ0) is 17.6. The summed E-state index contributed by atoms with van der Waals surface area (Å²) in [5.74, 6) is 1.34. The molecule has 0 fully saturated rings. The molecule has 4 nitrogen and oxygen atoms in total. The maximum atomic E-state index is 12.9. The van der Waals surface area contributed by atoms with Crippen LogP contribution in [-0.2, 0) is 6.18 Å². The molecule has 0 aliphatic heterocycles. The molecule has 0 radical (unpaired) electrons. The third kappa shape index (κ3) is 4.56. The number of alkyl halides is 3. The number of hydrogen-bond acceptors (Lipinski definition) is 3. The molecule has 2 aromatic carbocycles. The van der Waals surface area contributed by atoms with Crippen LogP contribution >= 0.6 is 0 Å². The largest absolute Gasteiger partial charge is 0.497 e. The van der Waals surface area contributed by atoms with Gasteiger partial charge in [0.1, 0.15) is 18.1 Å². The molecule has 0 amide bonds. The fourth-order valence-corrected chi connectivity index (χ4v) is 2.01. The summed E-state index contributed by atoms with van der Waals surface area (Å²) < 4.78 is 49.2. The minimum absolute atomic E-state index is 0.276. The van der Waals surface area contributed by atoms with E-state index in [-0.39, 0.29) is 12.3 Å². The molecule has 24 heavy (non-hydrogen) atoms. The normalized spacial score (nSPS) is 10.8. The lowest BCUT2D eigenvalue weighted by molar-refractivity contribution is -0.136. The number of nitrogens with one attached hydrogen (secondary N) is 1. The Morgan fingerprint density at radius 2 is 1.75 bits per heavy atom. The van der Waals surface area contributed by atoms with E-state index < -0.39 is 17.4 Å². The van der Waals surface area contributed by atoms with Crippen molar-refractivity contribution in [3.63, 3.8) is 0 Å². The van der Waals surface area contributed by atoms with Crippen molar-refractivity contribution in [3.05, 3.63) is 59.4 Å². The molecule has 0 spiro atoms. The molecule has 0 unspecified atom stereocenters. The van der Waals surface area contributed by atoms with E-state index >= 15 is 0 Å². The average Bonchev–Trinajstić information content (AvgIpc) is 2.58. The third-order valence-corrected chi connectivity index (χ3v) is 3.18. The first-order chi connectivity index (χ1) is 11.4. The monoisotopic (exact) mass is 336 g/mol. The number of benzene rings is 2. The standard InChI is InChI=1S/C17H15F3N2O2/c1-21-16-8-3-12(11-15(16)17(18,19)20)22-9-10-24-14-6-4-13(23-2)5-7-14/h3-8,11,22H,9-10H2,2H3. The molecular weight excluding hydrogens is 321 g/mol. The van der Waals surface area contributed by atoms with Gasteiger partial charge in [0, 0.05) is 12.2 Å². The topological polar surface area (TPSA) is 34.9 Å². The second-order valence-corrected chi connectivity index (χ2v) is 4.79. The molecule has 2 aromatic rings. The molecule has 0 bridgehead atoms. The van der Waals surface area contributed by atoms with E-state index in [9.17, 15) is 13.2 Å². The zero-order valence-corrected chi connectivity index (χ0v) is 12.9. The van der Waals surface area contributed by atoms with Crippen molar-refractivity contribution in [1.82, 2.24) is 0 Å². The van der Waals surface area contributed by atoms with Crippen LogP contribution in [0.5, 0.6) is 11.5 Å². The van der Waals surface area contributed by atoms with Crippen LogP contribution in [0.25, 0.3) is 4.85 Å². The van der Waals surface area contributed by atoms with Crippen molar-refractivity contribution in [1.29, 1.82) is 0 Å². The number of ether oxygens (including phenoxy) is 2. The van der Waals surface area contributed by atoms with Gasteiger partial charge in [-0.05, 0) is 36.4 Å². The van der Waals surface area contributed by atoms with Gasteiger partial charge in [-0.15, -0.1) is 0 Å². The molecule has 0 aliphatic rings. The predicted molar refractivity (Wildman–Crippen MR) is 84.7 cm³/mol. The van der Waals surface area contributed by atoms with Gasteiger partial charge in [-0.3, -0.25) is 0 Å². The molecule has 1 N–H and O–H groups in total. The number of methoxy groups -OCH3 is 1. The van der Waals surface area contributed by atoms with Gasteiger partial charge >= 0.3 is 6.18 Å². The van der Waals surface area contributed by atoms with Crippen LogP contribution < -0.4 is 14.8 Å². The lowest BCUT2D eigenvalue weighted by Crippen LogP contribution is -2.12. The van der Waals surface area contributed by atoms with Crippen molar-refractivity contribution >= 4 is 11.4 Å². The van der Waals surface area contributed by atoms with Gasteiger partial charge in [0.25, 0.3) is 0 Å². The number of hydrogen-bond donors (Lipinski definition) is 1. The zero-order valence-electron chi connectivity index (χ0n) is 12.9. The molecular formula is C17H15F3N2O2. The molecule has 126 valence electrons. The SMILES string of the molecule is [C-]#[N+]c1ccc(NCCOc2ccc(OC)cc2)cc1C(F)(F)F. The number of nitrogens with zero attached hydrogens (tertiary/aromatic N) is 1. The quantitative estimate of drug-likeness (QED) is 0.610. The smallest absolute Gasteiger partial charge is 0.407 e. The van der Waals surface area contributed by atoms with Crippen LogP contribution in [-0.4, -0.2) is 20.3 Å². The van der Waals surface area contributed by atoms with Gasteiger partial charge in [-0.1, -0.05) is 6.07 Å². The number of anilines is 1. The first-order valence-corrected chi connectivity index (χ1v) is 7.03. The Morgan fingerprint density at radius 1 is 1.08 bits per heavy atom. The van der Waals surface area contributed by atoms with Crippen molar-refractivity contribution in [2.75, 3.05) is 25.6 Å². The highest BCUT2D eigenvalue weighted by molar-refractivity contribution is 5.61. The Bertz CT molecular complexity index is 722. The number of rotatable bonds is 6. The summed E-state index contributed by atoms with van der Waals surface area (Å²) >= 11 is 0. The summed E-state index contributed by atoms with van der Waals surface area (Å²) in [6.45, 7) is 7.40. The first-order valence-electron chi connectivity index (χ1n) is 7.03. The Kier molecular flexibility index (Phi) is 5.53. The molecule has 0 saturated carbocycles. The van der Waals surface area contributed by atoms with E-state index in [2.05, 4.69) is 10.2 Å². The third-order valence-electron chi connectivity index (χ3n) is 3.18. The molecule has 0 aliphatic carbocycles. The van der Waals surface area contributed by atoms with E-state index in [1.807, 2.05) is 0 Å². The first kappa shape index (κ1) is 17.5. The lowest BCUT2D eigenvalue weighted by Gasteiger charge is -2.13. The van der Waals surface area contributed by atoms with Gasteiger partial charge < -0.3 is 14.8 Å². The Balaban J connectivity index is 1.91. The van der Waals surface area contributed by atoms with Gasteiger partial charge in [-0.2, -0.15) is 13.2 Å². The fraction of sp³-hybridized carbons (Fsp3) is 0.235. The molecule has 0 atom stereocenters. The number of halogens is 3. The lowest BCUT2D eigenvalue weighted by atomic mass is 10.1. The van der Waals surface area contributed by atoms with Gasteiger partial charge in [0.15, 0.2) is 5.69 Å². The molecule has 7 heteroatoms. The molecule has 0 aromatic heterocycles. The van der Waals surface area contributed by atoms with E-state index in [0.717, 1.165) is 12.1 Å². The molecule has 2 rings (SSSR count). The highest BCUT2D eigenvalue weighted by atomic mass is 19.4. The summed E-state index contributed by atoms with van der Waals surface area (Å²) in [6.07, 6.45) is -4.56. The maximum Gasteiger partial charge on any atom is 0.407 e. The fourth-order valence-electron chi connectivity index (χ4n) is 2.01. The van der Waals surface area contributed by atoms with Crippen LogP contribution in [0, 0.1) is 6.57 Å². The van der Waals surface area contributed by atoms with E-state index in [4.69, 9.17) is 16.0 Å². The van der Waals surface area contributed by atoms with E-state index in [1.165, 1.54) is 6.07 Å². The molecule has 0 saturated heterocycles. The summed E-state index contributed by atoms with van der Waals surface area (Å²) in [6, 6.07) is 10.5. The summed E-state index contributed by atoms with van der Waals surface area (Å²) in [4.78, 5) is 2.90. The van der Waals surface area contributed by atoms with Gasteiger partial charge in [0.2, 0.25) is 0 Å². The summed E-state index contributed by atoms with van der Waals surface area (Å²) in [7, 11) is 1.56. The average molecular weight is 336 g/mol. The minimum Gasteiger partial charge on any atom is -0.497 e. The minimum atomic E-state index is -4.56. The highest BCUT2D eigenvalue weighted by Crippen LogP contribution is 2.37. The van der Waals surface area contributed by atoms with Crippen LogP contribution in [0.4, 0.5) is 24.5 Å². The van der Waals surface area contributed by atoms with Crippen LogP contribution in [0.1, 0.15) is 5.56 Å². The Labute approximate surface area is 137 Å². The van der Waals surface area contributed by atoms with Crippen molar-refractivity contribution in [3.8, 4) is 11.5 Å². The van der Waals surface area contributed by atoms with Crippen LogP contribution in [0.2, 0.25) is 0 Å². The van der Waals surface area contributed by atoms with Gasteiger partial charge in [0.05, 0.1) is 19.2 Å². The predicted octanol–water partition coefficient (Wildman–Crippen LogP) is 4.76. The Morgan fingerprint density at radius 3 is 2.33 bits per heavy atom. The maximum absolute atomic E-state index is 12.9. The van der Waals surface area contributed by atoms with Gasteiger partial charge in [-0.25, -0.2) is 4.85 Å². The second kappa shape index (κ2) is 7.59. The van der Waals surface area contributed by atoms with Crippen molar-refractivity contribution in [2.24, 2.45) is 0 Å². The summed E-state index contributed by atoms with van der Waals surface area (Å²) in [5.41, 5.74) is -1.07. The second-order valence-electron chi connectivity index (χ2n) is 4.79. The molecule has 0 heterocycles. The summed E-state index contributed by atoms with van der Waals surface area (Å²) in [5, 5.41) is 2.85. The van der Waals surface area contributed by atoms with Crippen molar-refractivity contribution in [2.45, 2.75) is 6.18 Å². The van der Waals surface area contributed by atoms with Crippen LogP contribution in [0.15, 0.2) is 42.5 Å². The van der Waals surface area contributed by atoms with Crippen molar-refractivity contribution < 1.29 is 22.6 Å². The van der Waals surface area contributed by atoms with E-state index in [0.29, 0.717) is 18.0 Å². The highest BCUT2D eigenvalue weighted by Gasteiger charge is 2.33. The Hall–Kier alpha value is -2.88. The van der Waals surface area contributed by atoms with E-state index in [1.54, 1.807) is 31.4 Å².